The molecule has 6 nitrogen and oxygen atoms in total. The minimum Gasteiger partial charge on any atom is -0.380 e. The normalized spacial score (nSPS) is 20.6. The molecule has 0 spiro atoms. The van der Waals surface area contributed by atoms with E-state index in [2.05, 4.69) is 26.8 Å². The number of ether oxygens (including phenoxy) is 1. The van der Waals surface area contributed by atoms with E-state index in [9.17, 15) is 4.79 Å². The summed E-state index contributed by atoms with van der Waals surface area (Å²) < 4.78 is 7.37. The van der Waals surface area contributed by atoms with Crippen LogP contribution in [0.5, 0.6) is 0 Å². The monoisotopic (exact) mass is 314 g/mol. The Morgan fingerprint density at radius 2 is 2.17 bits per heavy atom. The zero-order valence-electron chi connectivity index (χ0n) is 13.4. The molecule has 1 saturated heterocycles. The second kappa shape index (κ2) is 5.60. The zero-order valence-corrected chi connectivity index (χ0v) is 13.4. The van der Waals surface area contributed by atoms with Gasteiger partial charge in [0.2, 0.25) is 0 Å². The highest BCUT2D eigenvalue weighted by Crippen LogP contribution is 2.31. The van der Waals surface area contributed by atoms with Crippen LogP contribution in [0.3, 0.4) is 0 Å². The topological polar surface area (TPSA) is 69.0 Å². The number of carbonyl (C=O) groups is 1. The molecule has 2 aromatic heterocycles. The molecule has 23 heavy (non-hydrogen) atoms. The van der Waals surface area contributed by atoms with E-state index in [1.165, 1.54) is 25.7 Å². The molecule has 0 bridgehead atoms. The molecule has 122 valence electrons. The number of hydrogen-bond acceptors (Lipinski definition) is 4. The van der Waals surface area contributed by atoms with Crippen LogP contribution in [0.2, 0.25) is 0 Å². The van der Waals surface area contributed by atoms with Crippen molar-refractivity contribution >= 4 is 17.1 Å². The molecule has 4 rings (SSSR count). The fraction of sp³-hybridized carbons (Fsp3) is 0.588. The molecular formula is C17H22N4O2. The first-order valence-corrected chi connectivity index (χ1v) is 8.33. The molecule has 0 aromatic carbocycles. The van der Waals surface area contributed by atoms with Gasteiger partial charge in [-0.05, 0) is 18.9 Å². The predicted molar refractivity (Wildman–Crippen MR) is 86.3 cm³/mol. The van der Waals surface area contributed by atoms with Gasteiger partial charge in [0.15, 0.2) is 5.65 Å². The van der Waals surface area contributed by atoms with E-state index in [0.717, 1.165) is 11.2 Å². The summed E-state index contributed by atoms with van der Waals surface area (Å²) in [4.78, 5) is 21.3. The molecule has 1 saturated carbocycles. The number of pyridine rings is 1. The van der Waals surface area contributed by atoms with Crippen molar-refractivity contribution in [3.63, 3.8) is 0 Å². The first-order valence-electron chi connectivity index (χ1n) is 8.33. The lowest BCUT2D eigenvalue weighted by Crippen LogP contribution is -2.48. The van der Waals surface area contributed by atoms with E-state index in [0.29, 0.717) is 31.4 Å². The van der Waals surface area contributed by atoms with Gasteiger partial charge in [-0.15, -0.1) is 0 Å². The lowest BCUT2D eigenvalue weighted by Gasteiger charge is -2.37. The Morgan fingerprint density at radius 3 is 2.87 bits per heavy atom. The van der Waals surface area contributed by atoms with Crippen molar-refractivity contribution < 1.29 is 9.53 Å². The number of nitrogens with zero attached hydrogens (tertiary/aromatic N) is 3. The van der Waals surface area contributed by atoms with Gasteiger partial charge in [-0.3, -0.25) is 4.79 Å². The Labute approximate surface area is 135 Å². The van der Waals surface area contributed by atoms with Gasteiger partial charge in [-0.25, -0.2) is 9.97 Å². The van der Waals surface area contributed by atoms with Gasteiger partial charge >= 0.3 is 0 Å². The molecule has 1 amide bonds. The largest absolute Gasteiger partial charge is 0.380 e. The van der Waals surface area contributed by atoms with Crippen LogP contribution in [0.25, 0.3) is 11.2 Å². The summed E-state index contributed by atoms with van der Waals surface area (Å²) in [7, 11) is 0. The molecule has 1 aliphatic carbocycles. The summed E-state index contributed by atoms with van der Waals surface area (Å²) in [6.45, 7) is 4.15. The zero-order chi connectivity index (χ0) is 15.9. The summed E-state index contributed by atoms with van der Waals surface area (Å²) in [6.07, 6.45) is 8.44. The fourth-order valence-electron chi connectivity index (χ4n) is 3.44. The molecule has 0 unspecified atom stereocenters. The van der Waals surface area contributed by atoms with E-state index in [-0.39, 0.29) is 11.3 Å². The second-order valence-corrected chi connectivity index (χ2v) is 7.14. The smallest absolute Gasteiger partial charge is 0.252 e. The number of nitrogens with one attached hydrogen (secondary N) is 1. The lowest BCUT2D eigenvalue weighted by atomic mass is 9.89. The first-order chi connectivity index (χ1) is 11.1. The summed E-state index contributed by atoms with van der Waals surface area (Å²) in [5.74, 6) is -0.0945. The maximum atomic E-state index is 12.3. The highest BCUT2D eigenvalue weighted by Gasteiger charge is 2.33. The maximum Gasteiger partial charge on any atom is 0.252 e. The third-order valence-electron chi connectivity index (χ3n) is 4.97. The van der Waals surface area contributed by atoms with E-state index < -0.39 is 0 Å². The molecule has 2 aliphatic rings. The lowest BCUT2D eigenvalue weighted by molar-refractivity contribution is -0.0978. The van der Waals surface area contributed by atoms with Crippen LogP contribution in [-0.4, -0.2) is 40.2 Å². The van der Waals surface area contributed by atoms with Crippen LogP contribution in [0.1, 0.15) is 49.0 Å². The Kier molecular flexibility index (Phi) is 3.56. The molecule has 2 fully saturated rings. The number of hydrogen-bond donors (Lipinski definition) is 1. The van der Waals surface area contributed by atoms with Crippen LogP contribution < -0.4 is 5.32 Å². The molecular weight excluding hydrogens is 292 g/mol. The van der Waals surface area contributed by atoms with Crippen LogP contribution in [0.15, 0.2) is 18.6 Å². The first kappa shape index (κ1) is 14.6. The quantitative estimate of drug-likeness (QED) is 0.940. The van der Waals surface area contributed by atoms with Crippen LogP contribution in [0, 0.1) is 5.41 Å². The highest BCUT2D eigenvalue weighted by molar-refractivity contribution is 5.96. The van der Waals surface area contributed by atoms with Crippen molar-refractivity contribution in [2.45, 2.75) is 38.6 Å². The van der Waals surface area contributed by atoms with Gasteiger partial charge in [-0.1, -0.05) is 19.8 Å². The Balaban J connectivity index is 1.51. The average molecular weight is 314 g/mol. The number of aromatic nitrogens is 3. The standard InChI is InChI=1S/C17H22N4O2/c1-17(9-23-10-17)8-19-16(22)12-6-14-15(18-7-12)21(11-20-14)13-4-2-3-5-13/h6-7,11,13H,2-5,8-10H2,1H3,(H,19,22). The maximum absolute atomic E-state index is 12.3. The number of amides is 1. The van der Waals surface area contributed by atoms with Crippen LogP contribution >= 0.6 is 0 Å². The Hall–Kier alpha value is -1.95. The SMILES string of the molecule is CC1(CNC(=O)c2cnc3c(c2)ncn3C2CCCC2)COC1. The Morgan fingerprint density at radius 1 is 1.39 bits per heavy atom. The summed E-state index contributed by atoms with van der Waals surface area (Å²) in [6, 6.07) is 2.34. The number of fused-ring (bicyclic) bond motifs is 1. The summed E-state index contributed by atoms with van der Waals surface area (Å²) in [5, 5.41) is 2.97. The van der Waals surface area contributed by atoms with Crippen molar-refractivity contribution in [1.29, 1.82) is 0 Å². The van der Waals surface area contributed by atoms with Crippen molar-refractivity contribution in [3.8, 4) is 0 Å². The average Bonchev–Trinajstić information content (AvgIpc) is 3.18. The van der Waals surface area contributed by atoms with Crippen molar-refractivity contribution in [3.05, 3.63) is 24.2 Å². The third kappa shape index (κ3) is 2.72. The van der Waals surface area contributed by atoms with Gasteiger partial charge in [0, 0.05) is 24.2 Å². The molecule has 3 heterocycles. The minimum atomic E-state index is -0.0945. The van der Waals surface area contributed by atoms with Gasteiger partial charge in [0.1, 0.15) is 5.52 Å². The Bertz CT molecular complexity index is 729. The molecule has 6 heteroatoms. The number of imidazole rings is 1. The van der Waals surface area contributed by atoms with Gasteiger partial charge in [-0.2, -0.15) is 0 Å². The second-order valence-electron chi connectivity index (χ2n) is 7.14. The van der Waals surface area contributed by atoms with Crippen molar-refractivity contribution in [2.24, 2.45) is 5.41 Å². The molecule has 2 aromatic rings. The van der Waals surface area contributed by atoms with E-state index in [1.807, 2.05) is 12.4 Å². The molecule has 0 atom stereocenters. The molecule has 0 radical (unpaired) electrons. The van der Waals surface area contributed by atoms with Crippen LogP contribution in [-0.2, 0) is 4.74 Å². The van der Waals surface area contributed by atoms with Gasteiger partial charge < -0.3 is 14.6 Å². The third-order valence-corrected chi connectivity index (χ3v) is 4.97. The number of carbonyl (C=O) groups excluding carboxylic acids is 1. The fourth-order valence-corrected chi connectivity index (χ4v) is 3.44. The summed E-state index contributed by atoms with van der Waals surface area (Å²) >= 11 is 0. The predicted octanol–water partition coefficient (Wildman–Crippen LogP) is 2.31. The van der Waals surface area contributed by atoms with Crippen molar-refractivity contribution in [2.75, 3.05) is 19.8 Å². The van der Waals surface area contributed by atoms with Gasteiger partial charge in [0.05, 0.1) is 25.1 Å². The number of rotatable bonds is 4. The van der Waals surface area contributed by atoms with Crippen molar-refractivity contribution in [1.82, 2.24) is 19.9 Å². The van der Waals surface area contributed by atoms with Gasteiger partial charge in [0.25, 0.3) is 5.91 Å². The highest BCUT2D eigenvalue weighted by atomic mass is 16.5. The molecule has 1 N–H and O–H groups in total. The van der Waals surface area contributed by atoms with E-state index >= 15 is 0 Å². The molecule has 1 aliphatic heterocycles. The minimum absolute atomic E-state index is 0.0667. The van der Waals surface area contributed by atoms with E-state index in [4.69, 9.17) is 4.74 Å². The van der Waals surface area contributed by atoms with E-state index in [1.54, 1.807) is 6.20 Å². The summed E-state index contributed by atoms with van der Waals surface area (Å²) in [5.41, 5.74) is 2.31. The van der Waals surface area contributed by atoms with Crippen LogP contribution in [0.4, 0.5) is 0 Å².